The van der Waals surface area contributed by atoms with Gasteiger partial charge in [-0.2, -0.15) is 23.5 Å². The van der Waals surface area contributed by atoms with Crippen LogP contribution in [0, 0.1) is 0 Å². The smallest absolute Gasteiger partial charge is 0.00553 e. The molecular weight excluding hydrogens is 174 g/mol. The number of hydrogen-bond donors (Lipinski definition) is 1. The molecule has 0 aromatic rings. The lowest BCUT2D eigenvalue weighted by Crippen LogP contribution is -2.20. The van der Waals surface area contributed by atoms with Gasteiger partial charge in [-0.1, -0.05) is 6.92 Å². The highest BCUT2D eigenvalue weighted by Gasteiger charge is 1.96. The maximum absolute atomic E-state index is 3.42. The number of hydrogen-bond acceptors (Lipinski definition) is 3. The van der Waals surface area contributed by atoms with Gasteiger partial charge in [-0.3, -0.25) is 0 Å². The van der Waals surface area contributed by atoms with Crippen LogP contribution in [-0.4, -0.2) is 36.6 Å². The molecule has 0 aromatic carbocycles. The summed E-state index contributed by atoms with van der Waals surface area (Å²) in [6.45, 7) is 4.60. The lowest BCUT2D eigenvalue weighted by Gasteiger charge is -2.07. The van der Waals surface area contributed by atoms with Crippen molar-refractivity contribution in [2.75, 3.05) is 31.4 Å². The minimum atomic E-state index is 0.803. The van der Waals surface area contributed by atoms with Crippen molar-refractivity contribution in [1.82, 2.24) is 5.32 Å². The molecule has 0 radical (unpaired) electrons. The molecule has 0 aromatic heterocycles. The Morgan fingerprint density at radius 2 is 2.00 bits per heavy atom. The Kier molecular flexibility index (Phi) is 9.28. The first kappa shape index (κ1) is 11.7. The highest BCUT2D eigenvalue weighted by Crippen LogP contribution is 2.07. The van der Waals surface area contributed by atoms with Crippen LogP contribution in [0.1, 0.15) is 13.3 Å². The van der Waals surface area contributed by atoms with Crippen LogP contribution in [0.15, 0.2) is 0 Å². The van der Waals surface area contributed by atoms with E-state index in [1.807, 2.05) is 23.5 Å². The van der Waals surface area contributed by atoms with Crippen LogP contribution in [0.4, 0.5) is 0 Å². The summed E-state index contributed by atoms with van der Waals surface area (Å²) in [6, 6.07) is 0. The van der Waals surface area contributed by atoms with E-state index in [0.29, 0.717) is 0 Å². The Morgan fingerprint density at radius 1 is 1.27 bits per heavy atom. The van der Waals surface area contributed by atoms with Gasteiger partial charge in [0.1, 0.15) is 0 Å². The van der Waals surface area contributed by atoms with Crippen LogP contribution in [0.5, 0.6) is 0 Å². The zero-order chi connectivity index (χ0) is 8.53. The topological polar surface area (TPSA) is 12.0 Å². The van der Waals surface area contributed by atoms with Gasteiger partial charge in [-0.25, -0.2) is 0 Å². The monoisotopic (exact) mass is 193 g/mol. The highest BCUT2D eigenvalue weighted by atomic mass is 32.2. The largest absolute Gasteiger partial charge is 0.316 e. The predicted molar refractivity (Wildman–Crippen MR) is 58.8 cm³/mol. The molecule has 0 amide bonds. The summed E-state index contributed by atoms with van der Waals surface area (Å²) in [4.78, 5) is 0. The van der Waals surface area contributed by atoms with Crippen LogP contribution >= 0.6 is 23.5 Å². The molecule has 0 heterocycles. The zero-order valence-corrected chi connectivity index (χ0v) is 9.36. The fraction of sp³-hybridized carbons (Fsp3) is 1.00. The molecule has 0 bridgehead atoms. The molecule has 0 spiro atoms. The summed E-state index contributed by atoms with van der Waals surface area (Å²) < 4.78 is 0. The van der Waals surface area contributed by atoms with Crippen molar-refractivity contribution < 1.29 is 0 Å². The van der Waals surface area contributed by atoms with Gasteiger partial charge in [0.05, 0.1) is 0 Å². The maximum Gasteiger partial charge on any atom is 0.00553 e. The van der Waals surface area contributed by atoms with E-state index in [0.717, 1.165) is 11.8 Å². The predicted octanol–water partition coefficient (Wildman–Crippen LogP) is 2.08. The SMILES string of the molecule is CSCCNCCC(C)SC. The molecule has 1 nitrogen and oxygen atoms in total. The summed E-state index contributed by atoms with van der Waals surface area (Å²) in [5.41, 5.74) is 0. The molecule has 1 atom stereocenters. The van der Waals surface area contributed by atoms with Crippen molar-refractivity contribution in [2.45, 2.75) is 18.6 Å². The molecular formula is C8H19NS2. The Bertz CT molecular complexity index is 78.5. The van der Waals surface area contributed by atoms with Crippen molar-refractivity contribution in [3.63, 3.8) is 0 Å². The molecule has 11 heavy (non-hydrogen) atoms. The van der Waals surface area contributed by atoms with Crippen molar-refractivity contribution in [3.05, 3.63) is 0 Å². The lowest BCUT2D eigenvalue weighted by atomic mass is 10.3. The molecule has 0 aliphatic rings. The van der Waals surface area contributed by atoms with Crippen LogP contribution < -0.4 is 5.32 Å². The molecule has 0 saturated heterocycles. The molecule has 1 N–H and O–H groups in total. The minimum absolute atomic E-state index is 0.803. The third-order valence-electron chi connectivity index (χ3n) is 1.61. The van der Waals surface area contributed by atoms with Gasteiger partial charge in [0.15, 0.2) is 0 Å². The molecule has 0 saturated carbocycles. The lowest BCUT2D eigenvalue weighted by molar-refractivity contribution is 0.674. The van der Waals surface area contributed by atoms with Crippen LogP contribution in [0.2, 0.25) is 0 Å². The van der Waals surface area contributed by atoms with E-state index in [2.05, 4.69) is 24.8 Å². The van der Waals surface area contributed by atoms with Crippen LogP contribution in [0.25, 0.3) is 0 Å². The molecule has 0 fully saturated rings. The molecule has 1 unspecified atom stereocenters. The van der Waals surface area contributed by atoms with E-state index in [1.165, 1.54) is 18.7 Å². The van der Waals surface area contributed by atoms with Crippen molar-refractivity contribution in [1.29, 1.82) is 0 Å². The first-order valence-electron chi connectivity index (χ1n) is 4.03. The second-order valence-corrected chi connectivity index (χ2v) is 4.84. The second kappa shape index (κ2) is 8.75. The average Bonchev–Trinajstić information content (AvgIpc) is 2.04. The van der Waals surface area contributed by atoms with E-state index in [-0.39, 0.29) is 0 Å². The summed E-state index contributed by atoms with van der Waals surface area (Å²) in [5.74, 6) is 1.23. The average molecular weight is 193 g/mol. The minimum Gasteiger partial charge on any atom is -0.316 e. The van der Waals surface area contributed by atoms with Crippen molar-refractivity contribution in [2.24, 2.45) is 0 Å². The quantitative estimate of drug-likeness (QED) is 0.622. The van der Waals surface area contributed by atoms with Gasteiger partial charge in [0, 0.05) is 17.5 Å². The van der Waals surface area contributed by atoms with Gasteiger partial charge < -0.3 is 5.32 Å². The first-order chi connectivity index (χ1) is 5.31. The van der Waals surface area contributed by atoms with E-state index in [4.69, 9.17) is 0 Å². The normalized spacial score (nSPS) is 13.4. The van der Waals surface area contributed by atoms with Gasteiger partial charge in [0.2, 0.25) is 0 Å². The molecule has 3 heteroatoms. The summed E-state index contributed by atoms with van der Waals surface area (Å²) in [6.07, 6.45) is 5.61. The Labute approximate surface area is 79.1 Å². The van der Waals surface area contributed by atoms with Gasteiger partial charge in [-0.05, 0) is 25.5 Å². The fourth-order valence-electron chi connectivity index (χ4n) is 0.722. The standard InChI is InChI=1S/C8H19NS2/c1-8(11-3)4-5-9-6-7-10-2/h8-9H,4-7H2,1-3H3. The number of rotatable bonds is 7. The third-order valence-corrected chi connectivity index (χ3v) is 3.27. The van der Waals surface area contributed by atoms with Crippen LogP contribution in [-0.2, 0) is 0 Å². The summed E-state index contributed by atoms with van der Waals surface area (Å²) in [7, 11) is 0. The van der Waals surface area contributed by atoms with E-state index < -0.39 is 0 Å². The maximum atomic E-state index is 3.42. The third kappa shape index (κ3) is 8.57. The van der Waals surface area contributed by atoms with Crippen LogP contribution in [0.3, 0.4) is 0 Å². The number of nitrogens with one attached hydrogen (secondary N) is 1. The Balaban J connectivity index is 2.89. The molecule has 0 rings (SSSR count). The Morgan fingerprint density at radius 3 is 2.55 bits per heavy atom. The molecule has 0 aliphatic carbocycles. The van der Waals surface area contributed by atoms with Gasteiger partial charge in [-0.15, -0.1) is 0 Å². The van der Waals surface area contributed by atoms with E-state index in [1.54, 1.807) is 0 Å². The fourth-order valence-corrected chi connectivity index (χ4v) is 1.42. The molecule has 68 valence electrons. The van der Waals surface area contributed by atoms with Gasteiger partial charge >= 0.3 is 0 Å². The summed E-state index contributed by atoms with van der Waals surface area (Å²) >= 11 is 3.84. The molecule has 0 aliphatic heterocycles. The Hall–Kier alpha value is 0.660. The van der Waals surface area contributed by atoms with Crippen molar-refractivity contribution in [3.8, 4) is 0 Å². The van der Waals surface area contributed by atoms with Gasteiger partial charge in [0.25, 0.3) is 0 Å². The second-order valence-electron chi connectivity index (χ2n) is 2.58. The zero-order valence-electron chi connectivity index (χ0n) is 7.72. The van der Waals surface area contributed by atoms with E-state index in [9.17, 15) is 0 Å². The first-order valence-corrected chi connectivity index (χ1v) is 6.72. The van der Waals surface area contributed by atoms with E-state index >= 15 is 0 Å². The number of thioether (sulfide) groups is 2. The highest BCUT2D eigenvalue weighted by molar-refractivity contribution is 7.99. The van der Waals surface area contributed by atoms with Crippen molar-refractivity contribution >= 4 is 23.5 Å². The summed E-state index contributed by atoms with van der Waals surface area (Å²) in [5, 5.41) is 4.22.